The number of unbranched alkanes of at least 4 members (excludes halogenated alkanes) is 1. The topological polar surface area (TPSA) is 58.6 Å². The van der Waals surface area contributed by atoms with Gasteiger partial charge in [-0.2, -0.15) is 0 Å². The molecule has 0 aromatic carbocycles. The molecule has 4 nitrogen and oxygen atoms in total. The molecule has 0 radical (unpaired) electrons. The van der Waals surface area contributed by atoms with Crippen molar-refractivity contribution < 1.29 is 14.6 Å². The largest absolute Gasteiger partial charge is 0.480 e. The van der Waals surface area contributed by atoms with Crippen molar-refractivity contribution in [2.24, 2.45) is 5.92 Å². The summed E-state index contributed by atoms with van der Waals surface area (Å²) in [5, 5.41) is 11.9. The second-order valence-corrected chi connectivity index (χ2v) is 4.22. The molecule has 0 aromatic rings. The van der Waals surface area contributed by atoms with Gasteiger partial charge < -0.3 is 15.2 Å². The fourth-order valence-electron chi connectivity index (χ4n) is 2.13. The molecular formula is C11H21NO3. The van der Waals surface area contributed by atoms with Crippen molar-refractivity contribution >= 4 is 5.97 Å². The van der Waals surface area contributed by atoms with Crippen molar-refractivity contribution in [1.29, 1.82) is 0 Å². The van der Waals surface area contributed by atoms with Crippen LogP contribution in [0.4, 0.5) is 0 Å². The maximum absolute atomic E-state index is 10.8. The molecule has 0 aromatic heterocycles. The van der Waals surface area contributed by atoms with E-state index in [1.165, 1.54) is 0 Å². The van der Waals surface area contributed by atoms with Crippen LogP contribution in [0.2, 0.25) is 0 Å². The molecule has 2 atom stereocenters. The summed E-state index contributed by atoms with van der Waals surface area (Å²) in [6.45, 7) is 1.65. The first kappa shape index (κ1) is 12.5. The first-order chi connectivity index (χ1) is 7.24. The average molecular weight is 215 g/mol. The van der Waals surface area contributed by atoms with Crippen molar-refractivity contribution in [3.8, 4) is 0 Å². The first-order valence-electron chi connectivity index (χ1n) is 5.69. The summed E-state index contributed by atoms with van der Waals surface area (Å²) < 4.78 is 4.98. The lowest BCUT2D eigenvalue weighted by atomic mass is 9.88. The van der Waals surface area contributed by atoms with Gasteiger partial charge in [-0.1, -0.05) is 12.8 Å². The Kier molecular flexibility index (Phi) is 5.65. The van der Waals surface area contributed by atoms with Crippen LogP contribution in [-0.2, 0) is 9.53 Å². The maximum Gasteiger partial charge on any atom is 0.320 e. The number of methoxy groups -OCH3 is 1. The third-order valence-corrected chi connectivity index (χ3v) is 3.02. The molecule has 1 fully saturated rings. The van der Waals surface area contributed by atoms with Gasteiger partial charge >= 0.3 is 5.97 Å². The number of ether oxygens (including phenoxy) is 1. The molecular weight excluding hydrogens is 194 g/mol. The lowest BCUT2D eigenvalue weighted by Crippen LogP contribution is -2.43. The Hall–Kier alpha value is -0.610. The highest BCUT2D eigenvalue weighted by molar-refractivity contribution is 5.73. The predicted octanol–water partition coefficient (Wildman–Crippen LogP) is 1.26. The zero-order chi connectivity index (χ0) is 11.1. The highest BCUT2D eigenvalue weighted by Crippen LogP contribution is 2.22. The van der Waals surface area contributed by atoms with E-state index in [9.17, 15) is 4.79 Å². The lowest BCUT2D eigenvalue weighted by molar-refractivity contribution is -0.140. The van der Waals surface area contributed by atoms with Crippen LogP contribution < -0.4 is 5.32 Å². The first-order valence-corrected chi connectivity index (χ1v) is 5.69. The molecule has 1 rings (SSSR count). The molecule has 1 aliphatic rings. The summed E-state index contributed by atoms with van der Waals surface area (Å²) in [5.41, 5.74) is 0. The van der Waals surface area contributed by atoms with E-state index in [0.29, 0.717) is 5.92 Å². The van der Waals surface area contributed by atoms with Gasteiger partial charge in [0, 0.05) is 13.7 Å². The van der Waals surface area contributed by atoms with E-state index in [1.54, 1.807) is 7.11 Å². The molecule has 88 valence electrons. The quantitative estimate of drug-likeness (QED) is 0.655. The van der Waals surface area contributed by atoms with Crippen molar-refractivity contribution in [3.63, 3.8) is 0 Å². The molecule has 0 bridgehead atoms. The van der Waals surface area contributed by atoms with Crippen LogP contribution in [0.3, 0.4) is 0 Å². The summed E-state index contributed by atoms with van der Waals surface area (Å²) in [7, 11) is 1.71. The molecule has 1 saturated heterocycles. The van der Waals surface area contributed by atoms with E-state index in [-0.39, 0.29) is 6.04 Å². The minimum absolute atomic E-state index is 0.328. The minimum Gasteiger partial charge on any atom is -0.480 e. The smallest absolute Gasteiger partial charge is 0.320 e. The van der Waals surface area contributed by atoms with Crippen LogP contribution >= 0.6 is 0 Å². The standard InChI is InChI=1S/C11H21NO3/c1-15-7-3-2-4-9-5-6-12-10(8-9)11(13)14/h9-10,12H,2-8H2,1H3,(H,13,14). The van der Waals surface area contributed by atoms with Crippen molar-refractivity contribution in [3.05, 3.63) is 0 Å². The highest BCUT2D eigenvalue weighted by Gasteiger charge is 2.25. The fourth-order valence-corrected chi connectivity index (χ4v) is 2.13. The van der Waals surface area contributed by atoms with Crippen molar-refractivity contribution in [2.75, 3.05) is 20.3 Å². The summed E-state index contributed by atoms with van der Waals surface area (Å²) in [4.78, 5) is 10.8. The zero-order valence-corrected chi connectivity index (χ0v) is 9.37. The third-order valence-electron chi connectivity index (χ3n) is 3.02. The summed E-state index contributed by atoms with van der Waals surface area (Å²) in [5.74, 6) is -0.138. The number of carboxylic acids is 1. The number of carboxylic acid groups (broad SMARTS) is 1. The number of rotatable bonds is 6. The van der Waals surface area contributed by atoms with Gasteiger partial charge in [0.05, 0.1) is 0 Å². The van der Waals surface area contributed by atoms with E-state index in [0.717, 1.165) is 45.3 Å². The van der Waals surface area contributed by atoms with E-state index in [2.05, 4.69) is 5.32 Å². The average Bonchev–Trinajstić information content (AvgIpc) is 2.25. The Balaban J connectivity index is 2.15. The van der Waals surface area contributed by atoms with Gasteiger partial charge in [0.2, 0.25) is 0 Å². The van der Waals surface area contributed by atoms with E-state index >= 15 is 0 Å². The second-order valence-electron chi connectivity index (χ2n) is 4.22. The molecule has 0 aliphatic carbocycles. The molecule has 2 unspecified atom stereocenters. The second kappa shape index (κ2) is 6.80. The molecule has 0 spiro atoms. The van der Waals surface area contributed by atoms with Gasteiger partial charge in [-0.25, -0.2) is 0 Å². The zero-order valence-electron chi connectivity index (χ0n) is 9.37. The van der Waals surface area contributed by atoms with Gasteiger partial charge in [0.1, 0.15) is 6.04 Å². The monoisotopic (exact) mass is 215 g/mol. The Labute approximate surface area is 91.0 Å². The van der Waals surface area contributed by atoms with Gasteiger partial charge in [0.25, 0.3) is 0 Å². The van der Waals surface area contributed by atoms with Gasteiger partial charge in [-0.15, -0.1) is 0 Å². The Morgan fingerprint density at radius 1 is 1.53 bits per heavy atom. The van der Waals surface area contributed by atoms with Crippen molar-refractivity contribution in [2.45, 2.75) is 38.1 Å². The number of hydrogen-bond donors (Lipinski definition) is 2. The van der Waals surface area contributed by atoms with Gasteiger partial charge in [-0.3, -0.25) is 4.79 Å². The van der Waals surface area contributed by atoms with Crippen molar-refractivity contribution in [1.82, 2.24) is 5.32 Å². The maximum atomic E-state index is 10.8. The molecule has 15 heavy (non-hydrogen) atoms. The Bertz CT molecular complexity index is 196. The minimum atomic E-state index is -0.711. The molecule has 1 aliphatic heterocycles. The summed E-state index contributed by atoms with van der Waals surface area (Å²) >= 11 is 0. The SMILES string of the molecule is COCCCCC1CCNC(C(=O)O)C1. The highest BCUT2D eigenvalue weighted by atomic mass is 16.5. The normalized spacial score (nSPS) is 26.5. The fraction of sp³-hybridized carbons (Fsp3) is 0.909. The molecule has 2 N–H and O–H groups in total. The number of nitrogens with one attached hydrogen (secondary N) is 1. The molecule has 0 amide bonds. The van der Waals surface area contributed by atoms with Crippen LogP contribution in [0.1, 0.15) is 32.1 Å². The van der Waals surface area contributed by atoms with E-state index in [1.807, 2.05) is 0 Å². The van der Waals surface area contributed by atoms with Crippen LogP contribution in [0.15, 0.2) is 0 Å². The Morgan fingerprint density at radius 2 is 2.33 bits per heavy atom. The number of aliphatic carboxylic acids is 1. The van der Waals surface area contributed by atoms with Gasteiger partial charge in [-0.05, 0) is 31.7 Å². The van der Waals surface area contributed by atoms with Crippen LogP contribution in [0.5, 0.6) is 0 Å². The number of carbonyl (C=O) groups is 1. The Morgan fingerprint density at radius 3 is 3.00 bits per heavy atom. The summed E-state index contributed by atoms with van der Waals surface area (Å²) in [6.07, 6.45) is 5.25. The number of hydrogen-bond acceptors (Lipinski definition) is 3. The van der Waals surface area contributed by atoms with Gasteiger partial charge in [0.15, 0.2) is 0 Å². The van der Waals surface area contributed by atoms with Crippen LogP contribution in [0, 0.1) is 5.92 Å². The lowest BCUT2D eigenvalue weighted by Gasteiger charge is -2.27. The van der Waals surface area contributed by atoms with Crippen LogP contribution in [-0.4, -0.2) is 37.4 Å². The van der Waals surface area contributed by atoms with E-state index in [4.69, 9.17) is 9.84 Å². The predicted molar refractivity (Wildman–Crippen MR) is 57.9 cm³/mol. The van der Waals surface area contributed by atoms with E-state index < -0.39 is 5.97 Å². The number of piperidine rings is 1. The molecule has 4 heteroatoms. The molecule has 0 saturated carbocycles. The third kappa shape index (κ3) is 4.62. The van der Waals surface area contributed by atoms with Crippen LogP contribution in [0.25, 0.3) is 0 Å². The summed E-state index contributed by atoms with van der Waals surface area (Å²) in [6, 6.07) is -0.328. The molecule has 1 heterocycles.